The Morgan fingerprint density at radius 1 is 1.07 bits per heavy atom. The van der Waals surface area contributed by atoms with E-state index in [0.29, 0.717) is 22.5 Å². The van der Waals surface area contributed by atoms with Gasteiger partial charge in [0.1, 0.15) is 11.5 Å². The van der Waals surface area contributed by atoms with Crippen molar-refractivity contribution in [3.8, 4) is 11.4 Å². The van der Waals surface area contributed by atoms with E-state index in [9.17, 15) is 14.4 Å². The summed E-state index contributed by atoms with van der Waals surface area (Å²) in [6.45, 7) is 0. The van der Waals surface area contributed by atoms with E-state index in [2.05, 4.69) is 24.8 Å². The fourth-order valence-electron chi connectivity index (χ4n) is 2.58. The lowest BCUT2D eigenvalue weighted by atomic mass is 10.2. The van der Waals surface area contributed by atoms with Gasteiger partial charge >= 0.3 is 17.9 Å². The Morgan fingerprint density at radius 3 is 2.41 bits per heavy atom. The molecule has 0 bridgehead atoms. The monoisotopic (exact) mass is 395 g/mol. The van der Waals surface area contributed by atoms with Crippen LogP contribution in [0.3, 0.4) is 0 Å². The van der Waals surface area contributed by atoms with Crippen LogP contribution in [0.4, 0.5) is 5.69 Å². The third-order valence-corrected chi connectivity index (χ3v) is 4.03. The fourth-order valence-corrected chi connectivity index (χ4v) is 2.58. The standard InChI is InChI=1S/C20H17N3O6/c1-28-17(24)10-16(20(27)29-2)21-13-6-3-11(4-7-13)18-22-14-8-5-12(19(25)26)9-15(14)23-18/h3-10,21H,1-2H3,(H,22,23)(H,25,26)/b16-10+. The summed E-state index contributed by atoms with van der Waals surface area (Å²) in [5.41, 5.74) is 2.63. The van der Waals surface area contributed by atoms with Gasteiger partial charge in [-0.25, -0.2) is 19.4 Å². The molecule has 0 unspecified atom stereocenters. The molecule has 3 rings (SSSR count). The molecule has 0 fully saturated rings. The highest BCUT2D eigenvalue weighted by molar-refractivity contribution is 5.98. The average Bonchev–Trinajstić information content (AvgIpc) is 3.16. The van der Waals surface area contributed by atoms with Gasteiger partial charge in [-0.05, 0) is 42.5 Å². The maximum Gasteiger partial charge on any atom is 0.354 e. The highest BCUT2D eigenvalue weighted by Crippen LogP contribution is 2.23. The lowest BCUT2D eigenvalue weighted by Crippen LogP contribution is -2.15. The summed E-state index contributed by atoms with van der Waals surface area (Å²) in [7, 11) is 2.41. The number of aromatic carboxylic acids is 1. The third-order valence-electron chi connectivity index (χ3n) is 4.03. The van der Waals surface area contributed by atoms with Crippen molar-refractivity contribution in [3.63, 3.8) is 0 Å². The van der Waals surface area contributed by atoms with Crippen molar-refractivity contribution >= 4 is 34.6 Å². The first-order valence-electron chi connectivity index (χ1n) is 8.39. The summed E-state index contributed by atoms with van der Waals surface area (Å²) >= 11 is 0. The first-order valence-corrected chi connectivity index (χ1v) is 8.39. The molecule has 0 amide bonds. The number of nitrogens with zero attached hydrogens (tertiary/aromatic N) is 1. The molecule has 2 aromatic carbocycles. The minimum absolute atomic E-state index is 0.0722. The van der Waals surface area contributed by atoms with Crippen LogP contribution in [-0.2, 0) is 19.1 Å². The normalized spacial score (nSPS) is 11.2. The lowest BCUT2D eigenvalue weighted by Gasteiger charge is -2.09. The van der Waals surface area contributed by atoms with Crippen LogP contribution in [-0.4, -0.2) is 47.2 Å². The molecule has 0 aliphatic rings. The molecular formula is C20H17N3O6. The van der Waals surface area contributed by atoms with Crippen LogP contribution in [0.2, 0.25) is 0 Å². The third kappa shape index (κ3) is 4.41. The number of carboxylic acids is 1. The number of carboxylic acid groups (broad SMARTS) is 1. The van der Waals surface area contributed by atoms with Crippen LogP contribution in [0.1, 0.15) is 10.4 Å². The predicted octanol–water partition coefficient (Wildman–Crippen LogP) is 2.57. The number of carbonyl (C=O) groups excluding carboxylic acids is 2. The number of ether oxygens (including phenoxy) is 2. The minimum Gasteiger partial charge on any atom is -0.478 e. The molecular weight excluding hydrogens is 378 g/mol. The number of benzene rings is 2. The first-order chi connectivity index (χ1) is 13.9. The van der Waals surface area contributed by atoms with Crippen molar-refractivity contribution in [1.82, 2.24) is 9.97 Å². The van der Waals surface area contributed by atoms with E-state index in [-0.39, 0.29) is 11.3 Å². The van der Waals surface area contributed by atoms with Gasteiger partial charge in [0.15, 0.2) is 0 Å². The van der Waals surface area contributed by atoms with E-state index in [4.69, 9.17) is 5.11 Å². The van der Waals surface area contributed by atoms with E-state index in [0.717, 1.165) is 11.6 Å². The van der Waals surface area contributed by atoms with Gasteiger partial charge in [0, 0.05) is 11.3 Å². The molecule has 29 heavy (non-hydrogen) atoms. The van der Waals surface area contributed by atoms with Crippen molar-refractivity contribution in [1.29, 1.82) is 0 Å². The van der Waals surface area contributed by atoms with Crippen molar-refractivity contribution in [2.24, 2.45) is 0 Å². The van der Waals surface area contributed by atoms with E-state index in [1.807, 2.05) is 0 Å². The van der Waals surface area contributed by atoms with Crippen molar-refractivity contribution in [2.45, 2.75) is 0 Å². The van der Waals surface area contributed by atoms with Gasteiger partial charge in [-0.1, -0.05) is 0 Å². The number of aromatic nitrogens is 2. The predicted molar refractivity (Wildman–Crippen MR) is 104 cm³/mol. The largest absolute Gasteiger partial charge is 0.478 e. The summed E-state index contributed by atoms with van der Waals surface area (Å²) in [5.74, 6) is -1.86. The second-order valence-electron chi connectivity index (χ2n) is 5.90. The van der Waals surface area contributed by atoms with Gasteiger partial charge in [-0.2, -0.15) is 0 Å². The number of H-pyrrole nitrogens is 1. The number of hydrogen-bond acceptors (Lipinski definition) is 7. The van der Waals surface area contributed by atoms with Crippen LogP contribution in [0.25, 0.3) is 22.4 Å². The van der Waals surface area contributed by atoms with Crippen LogP contribution in [0.5, 0.6) is 0 Å². The Kier molecular flexibility index (Phi) is 5.59. The molecule has 0 saturated heterocycles. The number of nitrogens with one attached hydrogen (secondary N) is 2. The summed E-state index contributed by atoms with van der Waals surface area (Å²) < 4.78 is 9.18. The first kappa shape index (κ1) is 19.6. The van der Waals surface area contributed by atoms with Crippen LogP contribution in [0, 0.1) is 0 Å². The number of rotatable bonds is 6. The van der Waals surface area contributed by atoms with Crippen molar-refractivity contribution in [2.75, 3.05) is 19.5 Å². The molecule has 3 aromatic rings. The van der Waals surface area contributed by atoms with E-state index < -0.39 is 17.9 Å². The van der Waals surface area contributed by atoms with Gasteiger partial charge in [0.2, 0.25) is 0 Å². The van der Waals surface area contributed by atoms with Gasteiger partial charge < -0.3 is 24.9 Å². The molecule has 0 saturated carbocycles. The molecule has 9 nitrogen and oxygen atoms in total. The highest BCUT2D eigenvalue weighted by Gasteiger charge is 2.13. The molecule has 0 spiro atoms. The number of imidazole rings is 1. The Hall–Kier alpha value is -4.14. The average molecular weight is 395 g/mol. The molecule has 9 heteroatoms. The molecule has 0 aliphatic carbocycles. The fraction of sp³-hybridized carbons (Fsp3) is 0.100. The number of methoxy groups -OCH3 is 2. The van der Waals surface area contributed by atoms with Crippen LogP contribution < -0.4 is 5.32 Å². The number of aromatic amines is 1. The van der Waals surface area contributed by atoms with E-state index in [1.165, 1.54) is 26.4 Å². The van der Waals surface area contributed by atoms with Crippen molar-refractivity contribution < 1.29 is 29.0 Å². The summed E-state index contributed by atoms with van der Waals surface area (Å²) in [6.07, 6.45) is 0.999. The van der Waals surface area contributed by atoms with Crippen LogP contribution in [0.15, 0.2) is 54.2 Å². The molecule has 3 N–H and O–H groups in total. The SMILES string of the molecule is COC(=O)/C=C(/Nc1ccc(-c2nc3ccc(C(=O)O)cc3[nH]2)cc1)C(=O)OC. The van der Waals surface area contributed by atoms with E-state index >= 15 is 0 Å². The van der Waals surface area contributed by atoms with E-state index in [1.54, 1.807) is 30.3 Å². The summed E-state index contributed by atoms with van der Waals surface area (Å²) in [5, 5.41) is 11.9. The second-order valence-corrected chi connectivity index (χ2v) is 5.90. The van der Waals surface area contributed by atoms with Gasteiger partial charge in [0.05, 0.1) is 36.9 Å². The smallest absolute Gasteiger partial charge is 0.354 e. The highest BCUT2D eigenvalue weighted by atomic mass is 16.5. The minimum atomic E-state index is -1.01. The van der Waals surface area contributed by atoms with Crippen molar-refractivity contribution in [3.05, 3.63) is 59.8 Å². The zero-order valence-electron chi connectivity index (χ0n) is 15.6. The zero-order valence-corrected chi connectivity index (χ0v) is 15.6. The number of fused-ring (bicyclic) bond motifs is 1. The number of esters is 2. The second kappa shape index (κ2) is 8.26. The Morgan fingerprint density at radius 2 is 1.79 bits per heavy atom. The zero-order chi connectivity index (χ0) is 21.0. The van der Waals surface area contributed by atoms with Gasteiger partial charge in [-0.15, -0.1) is 0 Å². The lowest BCUT2D eigenvalue weighted by molar-refractivity contribution is -0.138. The summed E-state index contributed by atoms with van der Waals surface area (Å²) in [4.78, 5) is 41.9. The number of carbonyl (C=O) groups is 3. The van der Waals surface area contributed by atoms with Gasteiger partial charge in [-0.3, -0.25) is 0 Å². The maximum atomic E-state index is 11.8. The Bertz CT molecular complexity index is 1110. The van der Waals surface area contributed by atoms with Gasteiger partial charge in [0.25, 0.3) is 0 Å². The summed E-state index contributed by atoms with van der Waals surface area (Å²) in [6, 6.07) is 11.5. The molecule has 0 aliphatic heterocycles. The molecule has 1 heterocycles. The number of hydrogen-bond donors (Lipinski definition) is 3. The Balaban J connectivity index is 1.85. The molecule has 0 atom stereocenters. The quantitative estimate of drug-likeness (QED) is 0.429. The number of anilines is 1. The molecule has 0 radical (unpaired) electrons. The Labute approximate surface area is 165 Å². The molecule has 148 valence electrons. The van der Waals surface area contributed by atoms with Crippen LogP contribution >= 0.6 is 0 Å². The maximum absolute atomic E-state index is 11.8. The topological polar surface area (TPSA) is 131 Å². The molecule has 1 aromatic heterocycles.